The van der Waals surface area contributed by atoms with Crippen LogP contribution in [0.2, 0.25) is 0 Å². The van der Waals surface area contributed by atoms with E-state index in [2.05, 4.69) is 6.92 Å². The molecule has 1 aromatic carbocycles. The number of aliphatic hydroxyl groups is 1. The molecule has 0 aliphatic rings. The molecule has 1 rings (SSSR count). The quantitative estimate of drug-likeness (QED) is 0.0984. The largest absolute Gasteiger partial charge is 1.00 e. The molecule has 45 heavy (non-hydrogen) atoms. The summed E-state index contributed by atoms with van der Waals surface area (Å²) in [5.41, 5.74) is 1.08. The van der Waals surface area contributed by atoms with Crippen molar-refractivity contribution in [1.29, 1.82) is 0 Å². The number of aryl methyl sites for hydroxylation is 1. The summed E-state index contributed by atoms with van der Waals surface area (Å²) in [6.45, 7) is 8.72. The third-order valence-electron chi connectivity index (χ3n) is 6.54. The number of ether oxygens (including phenoxy) is 8. The van der Waals surface area contributed by atoms with Crippen molar-refractivity contribution in [2.24, 2.45) is 0 Å². The molecule has 0 unspecified atom stereocenters. The molecule has 1 N–H and O–H groups in total. The van der Waals surface area contributed by atoms with E-state index >= 15 is 0 Å². The van der Waals surface area contributed by atoms with Crippen molar-refractivity contribution in [2.75, 3.05) is 106 Å². The zero-order valence-electron chi connectivity index (χ0n) is 27.9. The van der Waals surface area contributed by atoms with Gasteiger partial charge in [0.25, 0.3) is 0 Å². The molecule has 0 saturated heterocycles. The Morgan fingerprint density at radius 3 is 1.42 bits per heavy atom. The molecule has 12 heteroatoms. The maximum atomic E-state index is 11.6. The summed E-state index contributed by atoms with van der Waals surface area (Å²) in [5.74, 6) is -0.925. The molecule has 1 aromatic rings. The average molecular weight is 715 g/mol. The van der Waals surface area contributed by atoms with Crippen molar-refractivity contribution in [1.82, 2.24) is 0 Å². The summed E-state index contributed by atoms with van der Waals surface area (Å²) in [5, 5.41) is 20.2. The first kappa shape index (κ1) is 45.0. The molecule has 0 spiro atoms. The maximum Gasteiger partial charge on any atom is 1.00 e. The number of unbranched alkanes of at least 4 members (excludes halogenated alkanes) is 7. The van der Waals surface area contributed by atoms with E-state index in [0.717, 1.165) is 24.8 Å². The molecule has 0 heterocycles. The number of aromatic carboxylic acids is 1. The van der Waals surface area contributed by atoms with Gasteiger partial charge in [-0.25, -0.2) is 0 Å². The molecule has 0 aliphatic carbocycles. The fourth-order valence-electron chi connectivity index (χ4n) is 4.18. The van der Waals surface area contributed by atoms with E-state index in [1.54, 1.807) is 12.1 Å². The molecular formula is C33H57O11Rb. The van der Waals surface area contributed by atoms with Crippen molar-refractivity contribution in [2.45, 2.75) is 64.7 Å². The summed E-state index contributed by atoms with van der Waals surface area (Å²) < 4.78 is 43.3. The number of rotatable bonds is 34. The minimum Gasteiger partial charge on any atom is -0.545 e. The van der Waals surface area contributed by atoms with Gasteiger partial charge in [-0.1, -0.05) is 57.9 Å². The monoisotopic (exact) mass is 714 g/mol. The third-order valence-corrected chi connectivity index (χ3v) is 6.54. The summed E-state index contributed by atoms with van der Waals surface area (Å²) >= 11 is 0. The molecule has 0 radical (unpaired) electrons. The minimum atomic E-state index is -1.23. The molecule has 11 nitrogen and oxygen atoms in total. The van der Waals surface area contributed by atoms with Gasteiger partial charge in [0, 0.05) is 5.56 Å². The summed E-state index contributed by atoms with van der Waals surface area (Å²) in [6.07, 6.45) is 10.8. The van der Waals surface area contributed by atoms with Gasteiger partial charge in [-0.15, -0.1) is 0 Å². The van der Waals surface area contributed by atoms with Gasteiger partial charge in [0.1, 0.15) is 12.4 Å². The van der Waals surface area contributed by atoms with Gasteiger partial charge in [-0.3, -0.25) is 0 Å². The third kappa shape index (κ3) is 28.7. The van der Waals surface area contributed by atoms with E-state index in [4.69, 9.17) is 43.0 Å². The van der Waals surface area contributed by atoms with Crippen LogP contribution in [0, 0.1) is 0 Å². The van der Waals surface area contributed by atoms with Crippen molar-refractivity contribution >= 4 is 5.97 Å². The van der Waals surface area contributed by atoms with Crippen LogP contribution in [-0.2, 0) is 39.6 Å². The van der Waals surface area contributed by atoms with Crippen LogP contribution < -0.4 is 68.0 Å². The Morgan fingerprint density at radius 1 is 0.600 bits per heavy atom. The van der Waals surface area contributed by atoms with E-state index in [1.165, 1.54) is 38.5 Å². The number of carboxylic acids is 1. The smallest absolute Gasteiger partial charge is 0.545 e. The van der Waals surface area contributed by atoms with E-state index in [9.17, 15) is 9.90 Å². The topological polar surface area (TPSA) is 134 Å². The van der Waals surface area contributed by atoms with Gasteiger partial charge in [0.2, 0.25) is 0 Å². The minimum absolute atomic E-state index is 0. The first-order valence-corrected chi connectivity index (χ1v) is 16.3. The Morgan fingerprint density at radius 2 is 1.00 bits per heavy atom. The predicted octanol–water partition coefficient (Wildman–Crippen LogP) is 0.225. The Labute approximate surface area is 319 Å². The summed E-state index contributed by atoms with van der Waals surface area (Å²) in [4.78, 5) is 11.6. The molecule has 0 saturated carbocycles. The van der Waals surface area contributed by atoms with E-state index in [-0.39, 0.29) is 77.0 Å². The second-order valence-electron chi connectivity index (χ2n) is 10.2. The average Bonchev–Trinajstić information content (AvgIpc) is 3.03. The molecule has 0 aliphatic heterocycles. The van der Waals surface area contributed by atoms with Crippen LogP contribution in [0.5, 0.6) is 5.75 Å². The van der Waals surface area contributed by atoms with Gasteiger partial charge in [0.05, 0.1) is 105 Å². The van der Waals surface area contributed by atoms with Crippen LogP contribution in [-0.4, -0.2) is 117 Å². The SMILES string of the molecule is CCCCCCCCCCc1ccc(OCCOCCOCCOCCOCCOCCOCCOCCO)c(C(=O)[O-])c1.[Rb+]. The Bertz CT molecular complexity index is 785. The Hall–Kier alpha value is -0.0248. The van der Waals surface area contributed by atoms with E-state index < -0.39 is 5.97 Å². The Kier molecular flexibility index (Phi) is 35.3. The Balaban J connectivity index is 0.0000194. The van der Waals surface area contributed by atoms with Crippen molar-refractivity contribution in [3.8, 4) is 5.75 Å². The van der Waals surface area contributed by atoms with Crippen LogP contribution in [0.3, 0.4) is 0 Å². The van der Waals surface area contributed by atoms with Gasteiger partial charge in [0.15, 0.2) is 0 Å². The zero-order chi connectivity index (χ0) is 31.8. The molecule has 0 amide bonds. The second-order valence-corrected chi connectivity index (χ2v) is 10.2. The number of hydrogen-bond donors (Lipinski definition) is 1. The summed E-state index contributed by atoms with van der Waals surface area (Å²) in [7, 11) is 0. The van der Waals surface area contributed by atoms with Crippen LogP contribution in [0.25, 0.3) is 0 Å². The van der Waals surface area contributed by atoms with Gasteiger partial charge in [-0.2, -0.15) is 0 Å². The molecule has 0 atom stereocenters. The predicted molar refractivity (Wildman–Crippen MR) is 165 cm³/mol. The number of carbonyl (C=O) groups excluding carboxylic acids is 1. The molecule has 0 bridgehead atoms. The van der Waals surface area contributed by atoms with Crippen molar-refractivity contribution < 1.29 is 111 Å². The van der Waals surface area contributed by atoms with Gasteiger partial charge < -0.3 is 52.9 Å². The number of carboxylic acid groups (broad SMARTS) is 1. The molecular weight excluding hydrogens is 658 g/mol. The standard InChI is InChI=1S/C33H58O11.Rb/c1-2-3-4-5-6-7-8-9-10-30-11-12-32(31(29-30)33(35)36)44-28-27-43-26-25-42-24-23-41-22-21-40-20-19-39-18-17-38-16-15-37-14-13-34;/h11-12,29,34H,2-10,13-28H2,1H3,(H,35,36);/q;+1/p-1. The molecule has 256 valence electrons. The first-order chi connectivity index (χ1) is 21.7. The number of benzene rings is 1. The van der Waals surface area contributed by atoms with Gasteiger partial charge in [-0.05, 0) is 30.5 Å². The normalized spacial score (nSPS) is 11.1. The first-order valence-electron chi connectivity index (χ1n) is 16.3. The number of aliphatic hydroxyl groups excluding tert-OH is 1. The molecule has 0 aromatic heterocycles. The summed E-state index contributed by atoms with van der Waals surface area (Å²) in [6, 6.07) is 5.31. The maximum absolute atomic E-state index is 11.6. The van der Waals surface area contributed by atoms with Crippen molar-refractivity contribution in [3.63, 3.8) is 0 Å². The van der Waals surface area contributed by atoms with Gasteiger partial charge >= 0.3 is 58.2 Å². The van der Waals surface area contributed by atoms with Crippen LogP contribution in [0.15, 0.2) is 18.2 Å². The molecule has 0 fully saturated rings. The number of carbonyl (C=O) groups is 1. The van der Waals surface area contributed by atoms with Crippen LogP contribution in [0.1, 0.15) is 74.2 Å². The van der Waals surface area contributed by atoms with E-state index in [0.29, 0.717) is 98.2 Å². The number of hydrogen-bond acceptors (Lipinski definition) is 11. The fourth-order valence-corrected chi connectivity index (χ4v) is 4.18. The van der Waals surface area contributed by atoms with E-state index in [1.807, 2.05) is 6.07 Å². The van der Waals surface area contributed by atoms with Crippen LogP contribution in [0.4, 0.5) is 0 Å². The zero-order valence-corrected chi connectivity index (χ0v) is 32.9. The van der Waals surface area contributed by atoms with Crippen LogP contribution >= 0.6 is 0 Å². The van der Waals surface area contributed by atoms with Crippen molar-refractivity contribution in [3.05, 3.63) is 29.3 Å². The second kappa shape index (κ2) is 35.3. The fraction of sp³-hybridized carbons (Fsp3) is 0.788.